The van der Waals surface area contributed by atoms with Gasteiger partial charge in [0.05, 0.1) is 17.4 Å². The Hall–Kier alpha value is -1.89. The van der Waals surface area contributed by atoms with E-state index in [1.165, 1.54) is 6.92 Å². The maximum atomic E-state index is 12.0. The minimum Gasteiger partial charge on any atom is -0.452 e. The summed E-state index contributed by atoms with van der Waals surface area (Å²) < 4.78 is 27.8. The van der Waals surface area contributed by atoms with Crippen molar-refractivity contribution in [1.29, 1.82) is 0 Å². The van der Waals surface area contributed by atoms with Crippen LogP contribution < -0.4 is 5.32 Å². The highest BCUT2D eigenvalue weighted by molar-refractivity contribution is 7.91. The minimum absolute atomic E-state index is 0.00286. The number of ether oxygens (including phenoxy) is 1. The van der Waals surface area contributed by atoms with Crippen LogP contribution >= 0.6 is 0 Å². The Morgan fingerprint density at radius 2 is 1.96 bits per heavy atom. The third kappa shape index (κ3) is 4.79. The zero-order valence-electron chi connectivity index (χ0n) is 13.2. The fourth-order valence-electron chi connectivity index (χ4n) is 2.37. The zero-order chi connectivity index (χ0) is 17.0. The lowest BCUT2D eigenvalue weighted by Crippen LogP contribution is -2.32. The third-order valence-corrected chi connectivity index (χ3v) is 5.63. The molecule has 1 amide bonds. The Morgan fingerprint density at radius 3 is 2.48 bits per heavy atom. The highest BCUT2D eigenvalue weighted by atomic mass is 32.2. The van der Waals surface area contributed by atoms with Crippen molar-refractivity contribution < 1.29 is 22.7 Å². The molecule has 1 saturated heterocycles. The molecule has 1 aromatic carbocycles. The van der Waals surface area contributed by atoms with Gasteiger partial charge in [-0.15, -0.1) is 0 Å². The van der Waals surface area contributed by atoms with Crippen molar-refractivity contribution in [3.63, 3.8) is 0 Å². The molecule has 2 rings (SSSR count). The summed E-state index contributed by atoms with van der Waals surface area (Å²) >= 11 is 0. The van der Waals surface area contributed by atoms with Gasteiger partial charge in [-0.2, -0.15) is 0 Å². The van der Waals surface area contributed by atoms with E-state index >= 15 is 0 Å². The molecule has 126 valence electrons. The molecule has 1 heterocycles. The first-order valence-electron chi connectivity index (χ1n) is 7.61. The van der Waals surface area contributed by atoms with E-state index in [9.17, 15) is 18.0 Å². The summed E-state index contributed by atoms with van der Waals surface area (Å²) in [5.41, 5.74) is 1.78. The molecule has 0 aromatic heterocycles. The van der Waals surface area contributed by atoms with Gasteiger partial charge >= 0.3 is 5.97 Å². The van der Waals surface area contributed by atoms with Crippen LogP contribution in [0.15, 0.2) is 24.3 Å². The Labute approximate surface area is 136 Å². The second-order valence-electron chi connectivity index (χ2n) is 5.72. The van der Waals surface area contributed by atoms with E-state index in [0.29, 0.717) is 5.69 Å². The SMILES string of the molecule is CCc1ccc(NC(=O)C(C)OC(=O)C2CCS(=O)(=O)C2)cc1. The molecule has 2 unspecified atom stereocenters. The summed E-state index contributed by atoms with van der Waals surface area (Å²) in [7, 11) is -3.15. The van der Waals surface area contributed by atoms with E-state index in [4.69, 9.17) is 4.74 Å². The lowest BCUT2D eigenvalue weighted by Gasteiger charge is -2.15. The number of sulfone groups is 1. The van der Waals surface area contributed by atoms with E-state index in [0.717, 1.165) is 12.0 Å². The Kier molecular flexibility index (Phi) is 5.41. The summed E-state index contributed by atoms with van der Waals surface area (Å²) in [6, 6.07) is 7.40. The summed E-state index contributed by atoms with van der Waals surface area (Å²) in [5, 5.41) is 2.67. The number of esters is 1. The van der Waals surface area contributed by atoms with E-state index in [2.05, 4.69) is 5.32 Å². The van der Waals surface area contributed by atoms with Crippen LogP contribution in [-0.4, -0.2) is 37.9 Å². The van der Waals surface area contributed by atoms with Crippen LogP contribution in [0.25, 0.3) is 0 Å². The predicted molar refractivity (Wildman–Crippen MR) is 86.8 cm³/mol. The summed E-state index contributed by atoms with van der Waals surface area (Å²) in [4.78, 5) is 24.0. The van der Waals surface area contributed by atoms with Crippen LogP contribution in [-0.2, 0) is 30.6 Å². The van der Waals surface area contributed by atoms with E-state index < -0.39 is 33.7 Å². The largest absolute Gasteiger partial charge is 0.452 e. The molecular formula is C16H21NO5S. The van der Waals surface area contributed by atoms with Crippen LogP contribution in [0.3, 0.4) is 0 Å². The fourth-order valence-corrected chi connectivity index (χ4v) is 4.10. The van der Waals surface area contributed by atoms with Crippen molar-refractivity contribution in [2.45, 2.75) is 32.8 Å². The first kappa shape index (κ1) is 17.5. The molecule has 2 atom stereocenters. The lowest BCUT2D eigenvalue weighted by atomic mass is 10.1. The molecule has 1 N–H and O–H groups in total. The van der Waals surface area contributed by atoms with Crippen LogP contribution in [0.5, 0.6) is 0 Å². The van der Waals surface area contributed by atoms with Crippen molar-refractivity contribution in [2.24, 2.45) is 5.92 Å². The minimum atomic E-state index is -3.15. The van der Waals surface area contributed by atoms with Crippen molar-refractivity contribution in [3.05, 3.63) is 29.8 Å². The Balaban J connectivity index is 1.88. The summed E-state index contributed by atoms with van der Waals surface area (Å²) in [5.74, 6) is -1.94. The number of benzene rings is 1. The lowest BCUT2D eigenvalue weighted by molar-refractivity contribution is -0.156. The molecule has 6 nitrogen and oxygen atoms in total. The quantitative estimate of drug-likeness (QED) is 0.822. The maximum Gasteiger partial charge on any atom is 0.310 e. The molecule has 0 radical (unpaired) electrons. The average molecular weight is 339 g/mol. The van der Waals surface area contributed by atoms with Gasteiger partial charge in [0.25, 0.3) is 5.91 Å². The van der Waals surface area contributed by atoms with E-state index in [1.54, 1.807) is 12.1 Å². The van der Waals surface area contributed by atoms with Crippen molar-refractivity contribution in [3.8, 4) is 0 Å². The topological polar surface area (TPSA) is 89.5 Å². The smallest absolute Gasteiger partial charge is 0.310 e. The summed E-state index contributed by atoms with van der Waals surface area (Å²) in [6.45, 7) is 3.51. The van der Waals surface area contributed by atoms with Crippen LogP contribution in [0.4, 0.5) is 5.69 Å². The van der Waals surface area contributed by atoms with Crippen LogP contribution in [0.1, 0.15) is 25.8 Å². The molecule has 0 saturated carbocycles. The van der Waals surface area contributed by atoms with Gasteiger partial charge < -0.3 is 10.1 Å². The predicted octanol–water partition coefficient (Wildman–Crippen LogP) is 1.55. The van der Waals surface area contributed by atoms with Gasteiger partial charge in [0.2, 0.25) is 0 Å². The average Bonchev–Trinajstić information content (AvgIpc) is 2.88. The van der Waals surface area contributed by atoms with Gasteiger partial charge in [-0.3, -0.25) is 9.59 Å². The van der Waals surface area contributed by atoms with Gasteiger partial charge in [0.15, 0.2) is 15.9 Å². The second-order valence-corrected chi connectivity index (χ2v) is 7.95. The molecule has 1 fully saturated rings. The molecule has 0 spiro atoms. The van der Waals surface area contributed by atoms with Gasteiger partial charge in [-0.05, 0) is 37.5 Å². The molecule has 0 aliphatic carbocycles. The number of nitrogens with one attached hydrogen (secondary N) is 1. The maximum absolute atomic E-state index is 12.0. The Morgan fingerprint density at radius 1 is 1.30 bits per heavy atom. The van der Waals surface area contributed by atoms with Gasteiger partial charge in [-0.25, -0.2) is 8.42 Å². The first-order valence-corrected chi connectivity index (χ1v) is 9.43. The number of carbonyl (C=O) groups excluding carboxylic acids is 2. The fraction of sp³-hybridized carbons (Fsp3) is 0.500. The van der Waals surface area contributed by atoms with E-state index in [1.807, 2.05) is 19.1 Å². The van der Waals surface area contributed by atoms with Crippen LogP contribution in [0, 0.1) is 5.92 Å². The number of rotatable bonds is 5. The number of hydrogen-bond acceptors (Lipinski definition) is 5. The first-order chi connectivity index (χ1) is 10.8. The number of anilines is 1. The van der Waals surface area contributed by atoms with Gasteiger partial charge in [-0.1, -0.05) is 19.1 Å². The molecule has 0 bridgehead atoms. The monoisotopic (exact) mass is 339 g/mol. The van der Waals surface area contributed by atoms with Crippen molar-refractivity contribution in [2.75, 3.05) is 16.8 Å². The number of carbonyl (C=O) groups is 2. The molecule has 1 aliphatic rings. The van der Waals surface area contributed by atoms with E-state index in [-0.39, 0.29) is 17.9 Å². The Bertz CT molecular complexity index is 681. The van der Waals surface area contributed by atoms with Crippen molar-refractivity contribution >= 4 is 27.4 Å². The van der Waals surface area contributed by atoms with Crippen LogP contribution in [0.2, 0.25) is 0 Å². The molecule has 1 aromatic rings. The molecular weight excluding hydrogens is 318 g/mol. The molecule has 23 heavy (non-hydrogen) atoms. The molecule has 1 aliphatic heterocycles. The highest BCUT2D eigenvalue weighted by Crippen LogP contribution is 2.20. The van der Waals surface area contributed by atoms with Gasteiger partial charge in [0, 0.05) is 5.69 Å². The normalized spacial score (nSPS) is 20.7. The second kappa shape index (κ2) is 7.12. The van der Waals surface area contributed by atoms with Gasteiger partial charge in [0.1, 0.15) is 0 Å². The number of amides is 1. The third-order valence-electron chi connectivity index (χ3n) is 3.86. The molecule has 7 heteroatoms. The van der Waals surface area contributed by atoms with Crippen molar-refractivity contribution in [1.82, 2.24) is 0 Å². The highest BCUT2D eigenvalue weighted by Gasteiger charge is 2.35. The standard InChI is InChI=1S/C16H21NO5S/c1-3-12-4-6-14(7-5-12)17-15(18)11(2)22-16(19)13-8-9-23(20,21)10-13/h4-7,11,13H,3,8-10H2,1-2H3,(H,17,18). The summed E-state index contributed by atoms with van der Waals surface area (Å²) in [6.07, 6.45) is 0.192. The zero-order valence-corrected chi connectivity index (χ0v) is 14.1. The number of aryl methyl sites for hydroxylation is 1. The number of hydrogen-bond donors (Lipinski definition) is 1.